The maximum Gasteiger partial charge on any atom is 0.264 e. The van der Waals surface area contributed by atoms with Crippen molar-refractivity contribution in [2.75, 3.05) is 7.05 Å². The van der Waals surface area contributed by atoms with Crippen LogP contribution in [0.3, 0.4) is 0 Å². The zero-order valence-corrected chi connectivity index (χ0v) is 17.4. The number of rotatable bonds is 3. The molecule has 1 unspecified atom stereocenters. The molecular formula is C24H21N3OS. The highest BCUT2D eigenvalue weighted by Gasteiger charge is 2.16. The molecule has 144 valence electrons. The van der Waals surface area contributed by atoms with Crippen molar-refractivity contribution in [3.05, 3.63) is 92.3 Å². The van der Waals surface area contributed by atoms with Crippen LogP contribution in [0.15, 0.2) is 65.6 Å². The second-order valence-corrected chi connectivity index (χ2v) is 8.05. The van der Waals surface area contributed by atoms with Gasteiger partial charge in [-0.25, -0.2) is 4.98 Å². The molecule has 0 spiro atoms. The molecule has 0 saturated heterocycles. The van der Waals surface area contributed by atoms with Crippen LogP contribution in [-0.4, -0.2) is 16.6 Å². The van der Waals surface area contributed by atoms with Crippen molar-refractivity contribution in [3.63, 3.8) is 0 Å². The first-order valence-electron chi connectivity index (χ1n) is 9.44. The number of nitrogens with zero attached hydrogens (tertiary/aromatic N) is 2. The molecule has 0 amide bonds. The smallest absolute Gasteiger partial charge is 0.264 e. The van der Waals surface area contributed by atoms with Gasteiger partial charge in [0.05, 0.1) is 21.5 Å². The van der Waals surface area contributed by atoms with Crippen LogP contribution in [0, 0.1) is 18.8 Å². The van der Waals surface area contributed by atoms with Crippen LogP contribution in [0.1, 0.15) is 34.1 Å². The lowest BCUT2D eigenvalue weighted by molar-refractivity contribution is 0.612. The molecule has 4 rings (SSSR count). The number of fused-ring (bicyclic) bond motifs is 1. The fourth-order valence-electron chi connectivity index (χ4n) is 3.34. The molecule has 4 nitrogen and oxygen atoms in total. The first-order valence-corrected chi connectivity index (χ1v) is 10.3. The van der Waals surface area contributed by atoms with E-state index in [0.29, 0.717) is 5.39 Å². The minimum absolute atomic E-state index is 0.0159. The van der Waals surface area contributed by atoms with Gasteiger partial charge in [-0.15, -0.1) is 11.3 Å². The monoisotopic (exact) mass is 399 g/mol. The van der Waals surface area contributed by atoms with Gasteiger partial charge in [0.1, 0.15) is 0 Å². The fourth-order valence-corrected chi connectivity index (χ4v) is 3.98. The molecule has 2 heterocycles. The Hall–Kier alpha value is -3.20. The third-order valence-corrected chi connectivity index (χ3v) is 5.74. The molecule has 0 aliphatic carbocycles. The molecule has 5 heteroatoms. The number of aromatic nitrogens is 2. The van der Waals surface area contributed by atoms with E-state index in [-0.39, 0.29) is 11.6 Å². The number of hydrogen-bond donors (Lipinski definition) is 1. The summed E-state index contributed by atoms with van der Waals surface area (Å²) in [5.74, 6) is 6.35. The number of benzene rings is 2. The summed E-state index contributed by atoms with van der Waals surface area (Å²) >= 11 is 1.55. The van der Waals surface area contributed by atoms with Crippen molar-refractivity contribution < 1.29 is 0 Å². The lowest BCUT2D eigenvalue weighted by Crippen LogP contribution is -2.27. The highest BCUT2D eigenvalue weighted by Crippen LogP contribution is 2.23. The highest BCUT2D eigenvalue weighted by molar-refractivity contribution is 7.12. The van der Waals surface area contributed by atoms with E-state index >= 15 is 0 Å². The number of para-hydroxylation sites is 1. The molecule has 0 aliphatic rings. The quantitative estimate of drug-likeness (QED) is 0.518. The number of pyridine rings is 1. The molecule has 0 saturated carbocycles. The van der Waals surface area contributed by atoms with Crippen molar-refractivity contribution in [2.45, 2.75) is 19.9 Å². The van der Waals surface area contributed by atoms with Gasteiger partial charge in [-0.05, 0) is 56.5 Å². The van der Waals surface area contributed by atoms with E-state index < -0.39 is 0 Å². The number of nitrogens with one attached hydrogen (secondary N) is 1. The first kappa shape index (κ1) is 19.1. The average molecular weight is 400 g/mol. The molecule has 29 heavy (non-hydrogen) atoms. The molecule has 1 atom stereocenters. The molecule has 0 bridgehead atoms. The molecule has 0 aliphatic heterocycles. The van der Waals surface area contributed by atoms with E-state index in [1.807, 2.05) is 62.5 Å². The SMILES string of the molecule is CNC(C)c1cc2cccc(C#Cc3cnc(C)s3)c2c(=O)n1-c1ccccc1. The van der Waals surface area contributed by atoms with Crippen LogP contribution in [0.5, 0.6) is 0 Å². The van der Waals surface area contributed by atoms with E-state index in [1.54, 1.807) is 22.1 Å². The fraction of sp³-hybridized carbons (Fsp3) is 0.167. The van der Waals surface area contributed by atoms with Gasteiger partial charge in [0.25, 0.3) is 5.56 Å². The largest absolute Gasteiger partial charge is 0.312 e. The Bertz CT molecular complexity index is 1290. The standard InChI is InChI=1S/C24H21N3OS/c1-16(25-3)22-14-19-9-7-8-18(12-13-21-15-26-17(2)29-21)23(19)24(28)27(22)20-10-5-4-6-11-20/h4-11,14-16,25H,1-3H3. The van der Waals surface area contributed by atoms with Gasteiger partial charge in [-0.3, -0.25) is 9.36 Å². The Labute approximate surface area is 173 Å². The maximum absolute atomic E-state index is 13.7. The Balaban J connectivity index is 2.00. The Morgan fingerprint density at radius 3 is 2.59 bits per heavy atom. The third kappa shape index (κ3) is 3.73. The number of aryl methyl sites for hydroxylation is 1. The summed E-state index contributed by atoms with van der Waals surface area (Å²) in [6.45, 7) is 4.01. The van der Waals surface area contributed by atoms with E-state index in [2.05, 4.69) is 35.1 Å². The molecule has 2 aromatic heterocycles. The van der Waals surface area contributed by atoms with Gasteiger partial charge in [0.2, 0.25) is 0 Å². The van der Waals surface area contributed by atoms with Gasteiger partial charge in [0, 0.05) is 23.0 Å². The lowest BCUT2D eigenvalue weighted by Gasteiger charge is -2.19. The summed E-state index contributed by atoms with van der Waals surface area (Å²) in [7, 11) is 1.90. The van der Waals surface area contributed by atoms with E-state index in [0.717, 1.165) is 32.2 Å². The molecular weight excluding hydrogens is 378 g/mol. The maximum atomic E-state index is 13.7. The predicted octanol–water partition coefficient (Wildman–Crippen LogP) is 4.44. The van der Waals surface area contributed by atoms with Crippen molar-refractivity contribution in [1.29, 1.82) is 0 Å². The second kappa shape index (κ2) is 8.04. The Morgan fingerprint density at radius 1 is 1.10 bits per heavy atom. The van der Waals surface area contributed by atoms with Crippen LogP contribution in [-0.2, 0) is 0 Å². The number of thiazole rings is 1. The summed E-state index contributed by atoms with van der Waals surface area (Å²) in [5, 5.41) is 5.76. The summed E-state index contributed by atoms with van der Waals surface area (Å²) in [6.07, 6.45) is 1.77. The number of hydrogen-bond acceptors (Lipinski definition) is 4. The minimum Gasteiger partial charge on any atom is -0.312 e. The topological polar surface area (TPSA) is 46.9 Å². The van der Waals surface area contributed by atoms with Crippen LogP contribution < -0.4 is 10.9 Å². The second-order valence-electron chi connectivity index (χ2n) is 6.82. The zero-order valence-electron chi connectivity index (χ0n) is 16.6. The molecule has 2 aromatic carbocycles. The summed E-state index contributed by atoms with van der Waals surface area (Å²) in [5.41, 5.74) is 2.43. The molecule has 0 radical (unpaired) electrons. The van der Waals surface area contributed by atoms with Gasteiger partial charge < -0.3 is 5.32 Å². The van der Waals surface area contributed by atoms with E-state index in [4.69, 9.17) is 0 Å². The van der Waals surface area contributed by atoms with Crippen molar-refractivity contribution >= 4 is 22.1 Å². The third-order valence-electron chi connectivity index (χ3n) is 4.91. The predicted molar refractivity (Wildman–Crippen MR) is 120 cm³/mol. The summed E-state index contributed by atoms with van der Waals surface area (Å²) in [6, 6.07) is 17.7. The van der Waals surface area contributed by atoms with E-state index in [9.17, 15) is 4.79 Å². The lowest BCUT2D eigenvalue weighted by atomic mass is 10.0. The molecule has 1 N–H and O–H groups in total. The van der Waals surface area contributed by atoms with Crippen LogP contribution >= 0.6 is 11.3 Å². The van der Waals surface area contributed by atoms with Crippen molar-refractivity contribution in [1.82, 2.24) is 14.9 Å². The first-order chi connectivity index (χ1) is 14.1. The van der Waals surface area contributed by atoms with Crippen molar-refractivity contribution in [2.24, 2.45) is 0 Å². The van der Waals surface area contributed by atoms with Crippen molar-refractivity contribution in [3.8, 4) is 17.5 Å². The van der Waals surface area contributed by atoms with Crippen LogP contribution in [0.2, 0.25) is 0 Å². The van der Waals surface area contributed by atoms with Gasteiger partial charge in [0.15, 0.2) is 0 Å². The summed E-state index contributed by atoms with van der Waals surface area (Å²) < 4.78 is 1.78. The van der Waals surface area contributed by atoms with Crippen LogP contribution in [0.25, 0.3) is 16.5 Å². The minimum atomic E-state index is -0.0591. The van der Waals surface area contributed by atoms with E-state index in [1.165, 1.54) is 0 Å². The van der Waals surface area contributed by atoms with Gasteiger partial charge in [-0.1, -0.05) is 36.3 Å². The van der Waals surface area contributed by atoms with Gasteiger partial charge >= 0.3 is 0 Å². The molecule has 0 fully saturated rings. The molecule has 4 aromatic rings. The summed E-state index contributed by atoms with van der Waals surface area (Å²) in [4.78, 5) is 18.8. The Kier molecular flexibility index (Phi) is 5.30. The highest BCUT2D eigenvalue weighted by atomic mass is 32.1. The zero-order chi connectivity index (χ0) is 20.4. The Morgan fingerprint density at radius 2 is 1.90 bits per heavy atom. The van der Waals surface area contributed by atoms with Gasteiger partial charge in [-0.2, -0.15) is 0 Å². The average Bonchev–Trinajstić information content (AvgIpc) is 3.17. The normalized spacial score (nSPS) is 11.8. The van der Waals surface area contributed by atoms with Crippen LogP contribution in [0.4, 0.5) is 0 Å².